The van der Waals surface area contributed by atoms with Gasteiger partial charge in [0, 0.05) is 23.7 Å². The van der Waals surface area contributed by atoms with Crippen LogP contribution in [0.2, 0.25) is 0 Å². The number of halogens is 1. The number of hydrogen-bond donors (Lipinski definition) is 1. The van der Waals surface area contributed by atoms with Crippen LogP contribution in [0.3, 0.4) is 0 Å². The number of sulfonamides is 1. The second-order valence-corrected chi connectivity index (χ2v) is 8.76. The molecule has 1 amide bonds. The molecule has 1 heterocycles. The van der Waals surface area contributed by atoms with Gasteiger partial charge in [0.2, 0.25) is 15.9 Å². The Bertz CT molecular complexity index is 898. The lowest BCUT2D eigenvalue weighted by Gasteiger charge is -2.26. The van der Waals surface area contributed by atoms with Crippen molar-refractivity contribution in [2.24, 2.45) is 0 Å². The molecule has 0 aliphatic carbocycles. The molecule has 0 bridgehead atoms. The third-order valence-electron chi connectivity index (χ3n) is 3.94. The Balaban J connectivity index is 1.58. The van der Waals surface area contributed by atoms with Gasteiger partial charge in [0.05, 0.1) is 23.9 Å². The topological polar surface area (TPSA) is 75.7 Å². The molecule has 1 aliphatic heterocycles. The number of thioether (sulfide) groups is 1. The average molecular weight is 410 g/mol. The largest absolute Gasteiger partial charge is 0.379 e. The molecular formula is C18H19FN2O4S2. The maximum atomic E-state index is 13.6. The summed E-state index contributed by atoms with van der Waals surface area (Å²) in [7, 11) is -3.56. The zero-order valence-corrected chi connectivity index (χ0v) is 16.1. The first-order chi connectivity index (χ1) is 13.0. The van der Waals surface area contributed by atoms with E-state index in [0.29, 0.717) is 36.9 Å². The molecular weight excluding hydrogens is 391 g/mol. The van der Waals surface area contributed by atoms with Crippen LogP contribution in [0.25, 0.3) is 0 Å². The molecule has 9 heteroatoms. The Morgan fingerprint density at radius 2 is 1.78 bits per heavy atom. The predicted octanol–water partition coefficient (Wildman–Crippen LogP) is 2.58. The lowest BCUT2D eigenvalue weighted by Crippen LogP contribution is -2.40. The van der Waals surface area contributed by atoms with Crippen LogP contribution in [0.1, 0.15) is 0 Å². The summed E-state index contributed by atoms with van der Waals surface area (Å²) in [5.74, 6) is -0.616. The second kappa shape index (κ2) is 8.83. The van der Waals surface area contributed by atoms with Crippen molar-refractivity contribution < 1.29 is 22.3 Å². The number of carbonyl (C=O) groups excluding carboxylic acids is 1. The maximum absolute atomic E-state index is 13.6. The summed E-state index contributed by atoms with van der Waals surface area (Å²) < 4.78 is 45.2. The fourth-order valence-corrected chi connectivity index (χ4v) is 4.70. The van der Waals surface area contributed by atoms with Gasteiger partial charge in [-0.15, -0.1) is 11.8 Å². The standard InChI is InChI=1S/C18H19FN2O4S2/c19-16-3-1-2-4-17(16)26-13-18(22)20-14-5-7-15(8-6-14)27(23,24)21-9-11-25-12-10-21/h1-8H,9-13H2,(H,20,22). The molecule has 1 fully saturated rings. The molecule has 6 nitrogen and oxygen atoms in total. The monoisotopic (exact) mass is 410 g/mol. The number of ether oxygens (including phenoxy) is 1. The van der Waals surface area contributed by atoms with Gasteiger partial charge >= 0.3 is 0 Å². The van der Waals surface area contributed by atoms with E-state index in [9.17, 15) is 17.6 Å². The van der Waals surface area contributed by atoms with Crippen LogP contribution in [0.4, 0.5) is 10.1 Å². The van der Waals surface area contributed by atoms with Crippen molar-refractivity contribution in [1.82, 2.24) is 4.31 Å². The highest BCUT2D eigenvalue weighted by atomic mass is 32.2. The van der Waals surface area contributed by atoms with Gasteiger partial charge in [-0.3, -0.25) is 4.79 Å². The number of nitrogens with one attached hydrogen (secondary N) is 1. The molecule has 2 aromatic carbocycles. The SMILES string of the molecule is O=C(CSc1ccccc1F)Nc1ccc(S(=O)(=O)N2CCOCC2)cc1. The number of hydrogen-bond acceptors (Lipinski definition) is 5. The summed E-state index contributed by atoms with van der Waals surface area (Å²) in [5.41, 5.74) is 0.482. The molecule has 2 aromatic rings. The number of carbonyl (C=O) groups is 1. The number of nitrogens with zero attached hydrogens (tertiary/aromatic N) is 1. The summed E-state index contributed by atoms with van der Waals surface area (Å²) >= 11 is 1.10. The van der Waals surface area contributed by atoms with Gasteiger partial charge in [0.25, 0.3) is 0 Å². The summed E-state index contributed by atoms with van der Waals surface area (Å²) in [5, 5.41) is 2.68. The van der Waals surface area contributed by atoms with Gasteiger partial charge < -0.3 is 10.1 Å². The maximum Gasteiger partial charge on any atom is 0.243 e. The first kappa shape index (κ1) is 19.8. The Hall–Kier alpha value is -1.94. The van der Waals surface area contributed by atoms with Crippen LogP contribution >= 0.6 is 11.8 Å². The Morgan fingerprint density at radius 1 is 1.11 bits per heavy atom. The number of benzene rings is 2. The minimum Gasteiger partial charge on any atom is -0.379 e. The van der Waals surface area contributed by atoms with Crippen molar-refractivity contribution in [2.75, 3.05) is 37.4 Å². The van der Waals surface area contributed by atoms with E-state index in [-0.39, 0.29) is 22.4 Å². The zero-order chi connectivity index (χ0) is 19.3. The molecule has 0 saturated carbocycles. The van der Waals surface area contributed by atoms with Crippen molar-refractivity contribution in [3.8, 4) is 0 Å². The first-order valence-electron chi connectivity index (χ1n) is 8.32. The third kappa shape index (κ3) is 5.07. The van der Waals surface area contributed by atoms with E-state index in [1.165, 1.54) is 22.5 Å². The lowest BCUT2D eigenvalue weighted by molar-refractivity contribution is -0.113. The Morgan fingerprint density at radius 3 is 2.44 bits per heavy atom. The van der Waals surface area contributed by atoms with Crippen LogP contribution in [0.15, 0.2) is 58.3 Å². The van der Waals surface area contributed by atoms with E-state index in [4.69, 9.17) is 4.74 Å². The number of amides is 1. The van der Waals surface area contributed by atoms with E-state index < -0.39 is 10.0 Å². The van der Waals surface area contributed by atoms with E-state index in [0.717, 1.165) is 11.8 Å². The summed E-state index contributed by atoms with van der Waals surface area (Å²) in [4.78, 5) is 12.6. The Kier molecular flexibility index (Phi) is 6.48. The lowest BCUT2D eigenvalue weighted by atomic mass is 10.3. The summed E-state index contributed by atoms with van der Waals surface area (Å²) in [6.45, 7) is 1.42. The van der Waals surface area contributed by atoms with Crippen molar-refractivity contribution in [2.45, 2.75) is 9.79 Å². The quantitative estimate of drug-likeness (QED) is 0.741. The first-order valence-corrected chi connectivity index (χ1v) is 10.7. The molecule has 1 aliphatic rings. The highest BCUT2D eigenvalue weighted by Gasteiger charge is 2.26. The molecule has 27 heavy (non-hydrogen) atoms. The normalized spacial score (nSPS) is 15.4. The molecule has 0 unspecified atom stereocenters. The van der Waals surface area contributed by atoms with Gasteiger partial charge in [0.15, 0.2) is 0 Å². The van der Waals surface area contributed by atoms with E-state index in [1.54, 1.807) is 30.3 Å². The smallest absolute Gasteiger partial charge is 0.243 e. The van der Waals surface area contributed by atoms with Gasteiger partial charge in [-0.25, -0.2) is 12.8 Å². The molecule has 1 N–H and O–H groups in total. The van der Waals surface area contributed by atoms with Gasteiger partial charge in [-0.05, 0) is 36.4 Å². The molecule has 0 atom stereocenters. The van der Waals surface area contributed by atoms with Gasteiger partial charge in [0.1, 0.15) is 5.82 Å². The Labute approximate surface area is 161 Å². The van der Waals surface area contributed by atoms with E-state index >= 15 is 0 Å². The van der Waals surface area contributed by atoms with Gasteiger partial charge in [-0.1, -0.05) is 12.1 Å². The van der Waals surface area contributed by atoms with Crippen molar-refractivity contribution >= 4 is 33.4 Å². The molecule has 0 radical (unpaired) electrons. The van der Waals surface area contributed by atoms with Crippen molar-refractivity contribution in [3.05, 3.63) is 54.3 Å². The van der Waals surface area contributed by atoms with E-state index in [2.05, 4.69) is 5.32 Å². The molecule has 144 valence electrons. The minimum atomic E-state index is -3.56. The number of anilines is 1. The zero-order valence-electron chi connectivity index (χ0n) is 14.4. The number of morpholine rings is 1. The van der Waals surface area contributed by atoms with Crippen LogP contribution in [0, 0.1) is 5.82 Å². The second-order valence-electron chi connectivity index (χ2n) is 5.81. The van der Waals surface area contributed by atoms with Crippen molar-refractivity contribution in [1.29, 1.82) is 0 Å². The van der Waals surface area contributed by atoms with Gasteiger partial charge in [-0.2, -0.15) is 4.31 Å². The van der Waals surface area contributed by atoms with E-state index in [1.807, 2.05) is 0 Å². The number of rotatable bonds is 6. The highest BCUT2D eigenvalue weighted by Crippen LogP contribution is 2.22. The van der Waals surface area contributed by atoms with Crippen molar-refractivity contribution in [3.63, 3.8) is 0 Å². The molecule has 3 rings (SSSR count). The molecule has 1 saturated heterocycles. The molecule has 0 spiro atoms. The van der Waals surface area contributed by atoms with Crippen LogP contribution in [-0.4, -0.2) is 50.7 Å². The van der Waals surface area contributed by atoms with Crippen LogP contribution in [-0.2, 0) is 19.6 Å². The van der Waals surface area contributed by atoms with Crippen LogP contribution in [0.5, 0.6) is 0 Å². The fraction of sp³-hybridized carbons (Fsp3) is 0.278. The average Bonchev–Trinajstić information content (AvgIpc) is 2.68. The minimum absolute atomic E-state index is 0.0504. The highest BCUT2D eigenvalue weighted by molar-refractivity contribution is 8.00. The van der Waals surface area contributed by atoms with Crippen LogP contribution < -0.4 is 5.32 Å². The fourth-order valence-electron chi connectivity index (χ4n) is 2.55. The summed E-state index contributed by atoms with van der Waals surface area (Å²) in [6, 6.07) is 12.3. The summed E-state index contributed by atoms with van der Waals surface area (Å²) in [6.07, 6.45) is 0. The predicted molar refractivity (Wildman–Crippen MR) is 102 cm³/mol. The third-order valence-corrected chi connectivity index (χ3v) is 6.90. The molecule has 0 aromatic heterocycles.